The molecule has 1 aromatic carbocycles. The summed E-state index contributed by atoms with van der Waals surface area (Å²) < 4.78 is 5.45. The minimum atomic E-state index is -0.242. The quantitative estimate of drug-likeness (QED) is 0.891. The van der Waals surface area contributed by atoms with E-state index in [1.54, 1.807) is 0 Å². The average molecular weight is 262 g/mol. The first-order valence-corrected chi connectivity index (χ1v) is 6.91. The lowest BCUT2D eigenvalue weighted by Crippen LogP contribution is -2.50. The van der Waals surface area contributed by atoms with Crippen LogP contribution in [0.15, 0.2) is 30.3 Å². The van der Waals surface area contributed by atoms with Gasteiger partial charge in [-0.05, 0) is 12.0 Å². The summed E-state index contributed by atoms with van der Waals surface area (Å²) in [6.07, 6.45) is 0.915. The van der Waals surface area contributed by atoms with Gasteiger partial charge >= 0.3 is 0 Å². The van der Waals surface area contributed by atoms with Gasteiger partial charge in [0.15, 0.2) is 0 Å². The molecule has 4 nitrogen and oxygen atoms in total. The molecule has 2 N–H and O–H groups in total. The molecule has 0 aromatic heterocycles. The normalized spacial score (nSPS) is 21.2. The summed E-state index contributed by atoms with van der Waals surface area (Å²) in [4.78, 5) is 14.6. The van der Waals surface area contributed by atoms with Crippen LogP contribution in [0.5, 0.6) is 0 Å². The standard InChI is InChI=1S/C15H22N2O2/c1-2-13-11-19-9-8-17(13)15(18)14(10-16)12-6-4-3-5-7-12/h3-7,13-14H,2,8-11,16H2,1H3. The summed E-state index contributed by atoms with van der Waals surface area (Å²) in [5.41, 5.74) is 6.82. The monoisotopic (exact) mass is 262 g/mol. The molecule has 1 aliphatic heterocycles. The van der Waals surface area contributed by atoms with Gasteiger partial charge in [-0.15, -0.1) is 0 Å². The van der Waals surface area contributed by atoms with Crippen molar-refractivity contribution in [3.8, 4) is 0 Å². The molecule has 2 unspecified atom stereocenters. The van der Waals surface area contributed by atoms with Gasteiger partial charge in [0.1, 0.15) is 0 Å². The van der Waals surface area contributed by atoms with Gasteiger partial charge in [-0.2, -0.15) is 0 Å². The highest BCUT2D eigenvalue weighted by atomic mass is 16.5. The number of nitrogens with two attached hydrogens (primary N) is 1. The summed E-state index contributed by atoms with van der Waals surface area (Å²) in [6.45, 7) is 4.35. The molecule has 4 heteroatoms. The van der Waals surface area contributed by atoms with Crippen LogP contribution < -0.4 is 5.73 Å². The minimum absolute atomic E-state index is 0.129. The highest BCUT2D eigenvalue weighted by Gasteiger charge is 2.31. The van der Waals surface area contributed by atoms with E-state index in [4.69, 9.17) is 10.5 Å². The highest BCUT2D eigenvalue weighted by molar-refractivity contribution is 5.84. The molecule has 0 radical (unpaired) electrons. The van der Waals surface area contributed by atoms with Crippen molar-refractivity contribution in [3.05, 3.63) is 35.9 Å². The zero-order valence-electron chi connectivity index (χ0n) is 11.4. The van der Waals surface area contributed by atoms with Crippen LogP contribution in [0.4, 0.5) is 0 Å². The van der Waals surface area contributed by atoms with E-state index in [9.17, 15) is 4.79 Å². The van der Waals surface area contributed by atoms with Gasteiger partial charge in [-0.1, -0.05) is 37.3 Å². The Morgan fingerprint density at radius 3 is 2.84 bits per heavy atom. The summed E-state index contributed by atoms with van der Waals surface area (Å²) in [5, 5.41) is 0. The summed E-state index contributed by atoms with van der Waals surface area (Å²) >= 11 is 0. The lowest BCUT2D eigenvalue weighted by molar-refractivity contribution is -0.141. The van der Waals surface area contributed by atoms with Crippen molar-refractivity contribution in [2.24, 2.45) is 5.73 Å². The number of carbonyl (C=O) groups is 1. The number of ether oxygens (including phenoxy) is 1. The Hall–Kier alpha value is -1.39. The van der Waals surface area contributed by atoms with Crippen LogP contribution in [-0.4, -0.2) is 43.2 Å². The molecule has 2 atom stereocenters. The van der Waals surface area contributed by atoms with E-state index in [2.05, 4.69) is 6.92 Å². The van der Waals surface area contributed by atoms with Crippen LogP contribution in [0, 0.1) is 0 Å². The summed E-state index contributed by atoms with van der Waals surface area (Å²) in [6, 6.07) is 9.96. The van der Waals surface area contributed by atoms with Crippen molar-refractivity contribution in [2.75, 3.05) is 26.3 Å². The number of hydrogen-bond donors (Lipinski definition) is 1. The third-order valence-corrected chi connectivity index (χ3v) is 3.72. The van der Waals surface area contributed by atoms with Crippen LogP contribution in [0.25, 0.3) is 0 Å². The second-order valence-corrected chi connectivity index (χ2v) is 4.87. The third kappa shape index (κ3) is 3.14. The SMILES string of the molecule is CCC1COCCN1C(=O)C(CN)c1ccccc1. The largest absolute Gasteiger partial charge is 0.377 e. The third-order valence-electron chi connectivity index (χ3n) is 3.72. The van der Waals surface area contributed by atoms with Crippen molar-refractivity contribution >= 4 is 5.91 Å². The van der Waals surface area contributed by atoms with E-state index in [-0.39, 0.29) is 17.9 Å². The van der Waals surface area contributed by atoms with Gasteiger partial charge in [0.05, 0.1) is 25.2 Å². The minimum Gasteiger partial charge on any atom is -0.377 e. The zero-order valence-corrected chi connectivity index (χ0v) is 11.4. The Bertz CT molecular complexity index is 408. The molecule has 0 saturated carbocycles. The maximum Gasteiger partial charge on any atom is 0.231 e. The van der Waals surface area contributed by atoms with Gasteiger partial charge in [-0.25, -0.2) is 0 Å². The first-order chi connectivity index (χ1) is 9.27. The zero-order chi connectivity index (χ0) is 13.7. The average Bonchev–Trinajstić information content (AvgIpc) is 2.49. The molecule has 2 rings (SSSR count). The molecule has 1 fully saturated rings. The molecule has 0 spiro atoms. The second-order valence-electron chi connectivity index (χ2n) is 4.87. The maximum absolute atomic E-state index is 12.7. The van der Waals surface area contributed by atoms with Crippen molar-refractivity contribution in [3.63, 3.8) is 0 Å². The van der Waals surface area contributed by atoms with Crippen LogP contribution in [-0.2, 0) is 9.53 Å². The number of carbonyl (C=O) groups excluding carboxylic acids is 1. The first-order valence-electron chi connectivity index (χ1n) is 6.91. The highest BCUT2D eigenvalue weighted by Crippen LogP contribution is 2.21. The Morgan fingerprint density at radius 1 is 1.47 bits per heavy atom. The van der Waals surface area contributed by atoms with E-state index in [1.807, 2.05) is 35.2 Å². The molecular weight excluding hydrogens is 240 g/mol. The fourth-order valence-electron chi connectivity index (χ4n) is 2.55. The fourth-order valence-corrected chi connectivity index (χ4v) is 2.55. The molecule has 0 aliphatic carbocycles. The Kier molecular flexibility index (Phi) is 4.93. The summed E-state index contributed by atoms with van der Waals surface area (Å²) in [5.74, 6) is -0.114. The molecule has 1 saturated heterocycles. The molecular formula is C15H22N2O2. The van der Waals surface area contributed by atoms with Crippen LogP contribution in [0.2, 0.25) is 0 Å². The van der Waals surface area contributed by atoms with Crippen molar-refractivity contribution < 1.29 is 9.53 Å². The fraction of sp³-hybridized carbons (Fsp3) is 0.533. The molecule has 0 bridgehead atoms. The Morgan fingerprint density at radius 2 is 2.21 bits per heavy atom. The van der Waals surface area contributed by atoms with Gasteiger partial charge in [0.25, 0.3) is 0 Å². The van der Waals surface area contributed by atoms with Crippen LogP contribution in [0.1, 0.15) is 24.8 Å². The summed E-state index contributed by atoms with van der Waals surface area (Å²) in [7, 11) is 0. The van der Waals surface area contributed by atoms with E-state index in [1.165, 1.54) is 0 Å². The maximum atomic E-state index is 12.7. The topological polar surface area (TPSA) is 55.6 Å². The second kappa shape index (κ2) is 6.68. The molecule has 19 heavy (non-hydrogen) atoms. The van der Waals surface area contributed by atoms with Crippen LogP contribution in [0.3, 0.4) is 0 Å². The molecule has 1 aliphatic rings. The van der Waals surface area contributed by atoms with E-state index in [0.717, 1.165) is 12.0 Å². The lowest BCUT2D eigenvalue weighted by Gasteiger charge is -2.37. The Labute approximate surface area is 114 Å². The molecule has 1 aromatic rings. The molecule has 1 amide bonds. The number of nitrogens with zero attached hydrogens (tertiary/aromatic N) is 1. The van der Waals surface area contributed by atoms with Crippen molar-refractivity contribution in [1.82, 2.24) is 4.90 Å². The Balaban J connectivity index is 2.16. The number of morpholine rings is 1. The van der Waals surface area contributed by atoms with E-state index >= 15 is 0 Å². The van der Waals surface area contributed by atoms with Crippen LogP contribution >= 0.6 is 0 Å². The number of rotatable bonds is 4. The predicted molar refractivity (Wildman–Crippen MR) is 74.8 cm³/mol. The van der Waals surface area contributed by atoms with E-state index < -0.39 is 0 Å². The predicted octanol–water partition coefficient (Wildman–Crippen LogP) is 1.37. The molecule has 104 valence electrons. The lowest BCUT2D eigenvalue weighted by atomic mass is 9.96. The van der Waals surface area contributed by atoms with Crippen molar-refractivity contribution in [2.45, 2.75) is 25.3 Å². The van der Waals surface area contributed by atoms with Crippen molar-refractivity contribution in [1.29, 1.82) is 0 Å². The number of hydrogen-bond acceptors (Lipinski definition) is 3. The molecule has 1 heterocycles. The number of benzene rings is 1. The first kappa shape index (κ1) is 14.0. The number of amides is 1. The van der Waals surface area contributed by atoms with Gasteiger partial charge < -0.3 is 15.4 Å². The smallest absolute Gasteiger partial charge is 0.231 e. The van der Waals surface area contributed by atoms with Gasteiger partial charge in [0.2, 0.25) is 5.91 Å². The van der Waals surface area contributed by atoms with Gasteiger partial charge in [0, 0.05) is 13.1 Å². The van der Waals surface area contributed by atoms with E-state index in [0.29, 0.717) is 26.3 Å². The van der Waals surface area contributed by atoms with Gasteiger partial charge in [-0.3, -0.25) is 4.79 Å².